The van der Waals surface area contributed by atoms with Gasteiger partial charge in [-0.1, -0.05) is 190 Å². The number of para-hydroxylation sites is 2. The Labute approximate surface area is 384 Å². The van der Waals surface area contributed by atoms with Gasteiger partial charge in [-0.05, 0) is 132 Å². The fourth-order valence-corrected chi connectivity index (χ4v) is 12.2. The third kappa shape index (κ3) is 4.96. The summed E-state index contributed by atoms with van der Waals surface area (Å²) in [6.07, 6.45) is 0. The van der Waals surface area contributed by atoms with E-state index >= 15 is 0 Å². The first kappa shape index (κ1) is 37.2. The quantitative estimate of drug-likeness (QED) is 0.172. The molecule has 1 aromatic heterocycles. The van der Waals surface area contributed by atoms with Crippen LogP contribution < -0.4 is 4.90 Å². The Hall–Kier alpha value is -8.20. The first-order chi connectivity index (χ1) is 32.5. The average molecular weight is 842 g/mol. The Morgan fingerprint density at radius 2 is 0.864 bits per heavy atom. The minimum absolute atomic E-state index is 0.245. The second-order valence-electron chi connectivity index (χ2n) is 18.7. The van der Waals surface area contributed by atoms with Crippen LogP contribution in [0.1, 0.15) is 47.2 Å². The molecule has 310 valence electrons. The zero-order chi connectivity index (χ0) is 43.7. The van der Waals surface area contributed by atoms with E-state index in [-0.39, 0.29) is 5.41 Å². The Morgan fingerprint density at radius 3 is 1.58 bits per heavy atom. The van der Waals surface area contributed by atoms with Crippen LogP contribution in [0.2, 0.25) is 0 Å². The highest BCUT2D eigenvalue weighted by Gasteiger charge is 2.52. The molecule has 0 saturated carbocycles. The van der Waals surface area contributed by atoms with Gasteiger partial charge in [0.2, 0.25) is 0 Å². The highest BCUT2D eigenvalue weighted by Crippen LogP contribution is 2.64. The summed E-state index contributed by atoms with van der Waals surface area (Å²) in [6.45, 7) is 4.76. The van der Waals surface area contributed by atoms with E-state index in [4.69, 9.17) is 4.42 Å². The minimum atomic E-state index is -0.403. The molecule has 1 spiro atoms. The fourth-order valence-electron chi connectivity index (χ4n) is 12.2. The van der Waals surface area contributed by atoms with Gasteiger partial charge in [0.25, 0.3) is 0 Å². The number of benzene rings is 10. The molecule has 66 heavy (non-hydrogen) atoms. The van der Waals surface area contributed by atoms with Crippen LogP contribution in [0.3, 0.4) is 0 Å². The number of anilines is 3. The smallest absolute Gasteiger partial charge is 0.143 e. The second kappa shape index (κ2) is 13.7. The monoisotopic (exact) mass is 841 g/mol. The number of rotatable bonds is 5. The van der Waals surface area contributed by atoms with Gasteiger partial charge in [-0.3, -0.25) is 0 Å². The summed E-state index contributed by atoms with van der Waals surface area (Å²) in [5.74, 6) is 0. The number of hydrogen-bond donors (Lipinski definition) is 0. The predicted octanol–water partition coefficient (Wildman–Crippen LogP) is 17.0. The standard InChI is InChI=1S/C64H43NO/c1-63(2)57-38-42(30-34-49(57)50-35-33-45(39-58(50)63)65(43-18-7-4-8-19-43)44-31-28-41(29-32-44)40-16-5-3-6-17-40)46-23-15-24-52-61-59(66-62(46)52)37-36-56-60(61)51-22-11-14-27-55(51)64(56)53-25-12-9-20-47(53)48-21-10-13-26-54(48)64/h3-39H,1-2H3. The second-order valence-corrected chi connectivity index (χ2v) is 18.7. The van der Waals surface area contributed by atoms with Gasteiger partial charge in [-0.2, -0.15) is 0 Å². The number of fused-ring (bicyclic) bond motifs is 17. The molecule has 0 bridgehead atoms. The summed E-state index contributed by atoms with van der Waals surface area (Å²) in [5.41, 5.74) is 25.1. The molecule has 0 saturated heterocycles. The van der Waals surface area contributed by atoms with E-state index in [1.807, 2.05) is 0 Å². The van der Waals surface area contributed by atoms with Crippen LogP contribution >= 0.6 is 0 Å². The molecule has 3 aliphatic carbocycles. The topological polar surface area (TPSA) is 16.4 Å². The van der Waals surface area contributed by atoms with E-state index in [1.165, 1.54) is 83.3 Å². The summed E-state index contributed by atoms with van der Waals surface area (Å²) in [4.78, 5) is 2.38. The van der Waals surface area contributed by atoms with Crippen LogP contribution in [-0.4, -0.2) is 0 Å². The van der Waals surface area contributed by atoms with Crippen molar-refractivity contribution in [2.24, 2.45) is 0 Å². The Bertz CT molecular complexity index is 3740. The number of hydrogen-bond acceptors (Lipinski definition) is 2. The molecule has 0 fully saturated rings. The van der Waals surface area contributed by atoms with Crippen molar-refractivity contribution < 1.29 is 4.42 Å². The molecule has 2 heteroatoms. The molecule has 0 amide bonds. The van der Waals surface area contributed by atoms with Crippen molar-refractivity contribution >= 4 is 39.0 Å². The maximum atomic E-state index is 7.05. The van der Waals surface area contributed by atoms with Crippen LogP contribution in [0.5, 0.6) is 0 Å². The fraction of sp³-hybridized carbons (Fsp3) is 0.0625. The van der Waals surface area contributed by atoms with Gasteiger partial charge >= 0.3 is 0 Å². The summed E-state index contributed by atoms with van der Waals surface area (Å²) < 4.78 is 7.05. The lowest BCUT2D eigenvalue weighted by Gasteiger charge is -2.30. The van der Waals surface area contributed by atoms with Crippen LogP contribution in [0.4, 0.5) is 17.1 Å². The van der Waals surface area contributed by atoms with Crippen molar-refractivity contribution in [1.82, 2.24) is 0 Å². The molecule has 11 aromatic rings. The van der Waals surface area contributed by atoms with Crippen molar-refractivity contribution in [3.05, 3.63) is 258 Å². The number of furan rings is 1. The van der Waals surface area contributed by atoms with Crippen molar-refractivity contribution in [2.75, 3.05) is 4.90 Å². The van der Waals surface area contributed by atoms with E-state index in [2.05, 4.69) is 243 Å². The summed E-state index contributed by atoms with van der Waals surface area (Å²) in [5, 5.41) is 2.34. The SMILES string of the molecule is CC1(C)c2cc(-c3cccc4c3oc3ccc5c(c34)-c3ccccc3C53c4ccccc4-c4ccccc43)ccc2-c2ccc(N(c3ccccc3)c3ccc(-c4ccccc4)cc3)cc21. The summed E-state index contributed by atoms with van der Waals surface area (Å²) >= 11 is 0. The van der Waals surface area contributed by atoms with Crippen LogP contribution in [0.15, 0.2) is 229 Å². The van der Waals surface area contributed by atoms with Crippen LogP contribution in [-0.2, 0) is 10.8 Å². The zero-order valence-electron chi connectivity index (χ0n) is 36.7. The minimum Gasteiger partial charge on any atom is -0.455 e. The van der Waals surface area contributed by atoms with Gasteiger partial charge in [0.15, 0.2) is 0 Å². The molecule has 0 atom stereocenters. The molecule has 0 unspecified atom stereocenters. The van der Waals surface area contributed by atoms with Crippen molar-refractivity contribution in [3.63, 3.8) is 0 Å². The van der Waals surface area contributed by atoms with Crippen LogP contribution in [0, 0.1) is 0 Å². The molecule has 0 N–H and O–H groups in total. The highest BCUT2D eigenvalue weighted by molar-refractivity contribution is 6.18. The van der Waals surface area contributed by atoms with Gasteiger partial charge in [-0.15, -0.1) is 0 Å². The van der Waals surface area contributed by atoms with Gasteiger partial charge in [0.05, 0.1) is 5.41 Å². The Balaban J connectivity index is 0.887. The molecule has 2 nitrogen and oxygen atoms in total. The average Bonchev–Trinajstić information content (AvgIpc) is 4.07. The van der Waals surface area contributed by atoms with Crippen LogP contribution in [0.25, 0.3) is 77.6 Å². The summed E-state index contributed by atoms with van der Waals surface area (Å²) in [7, 11) is 0. The zero-order valence-corrected chi connectivity index (χ0v) is 36.7. The molecular formula is C64H43NO. The van der Waals surface area contributed by atoms with Crippen molar-refractivity contribution in [2.45, 2.75) is 24.7 Å². The maximum Gasteiger partial charge on any atom is 0.143 e. The largest absolute Gasteiger partial charge is 0.455 e. The summed E-state index contributed by atoms with van der Waals surface area (Å²) in [6, 6.07) is 82.7. The lowest BCUT2D eigenvalue weighted by molar-refractivity contribution is 0.660. The lowest BCUT2D eigenvalue weighted by Crippen LogP contribution is -2.25. The third-order valence-electron chi connectivity index (χ3n) is 15.1. The normalized spacial score (nSPS) is 14.2. The third-order valence-corrected chi connectivity index (χ3v) is 15.1. The van der Waals surface area contributed by atoms with Crippen molar-refractivity contribution in [3.8, 4) is 55.6 Å². The van der Waals surface area contributed by atoms with Gasteiger partial charge < -0.3 is 9.32 Å². The Kier molecular flexibility index (Phi) is 7.70. The van der Waals surface area contributed by atoms with Crippen molar-refractivity contribution in [1.29, 1.82) is 0 Å². The molecule has 14 rings (SSSR count). The van der Waals surface area contributed by atoms with E-state index in [1.54, 1.807) is 0 Å². The molecule has 0 aliphatic heterocycles. The molecule has 0 radical (unpaired) electrons. The van der Waals surface area contributed by atoms with Gasteiger partial charge in [0, 0.05) is 38.8 Å². The predicted molar refractivity (Wildman–Crippen MR) is 273 cm³/mol. The lowest BCUT2D eigenvalue weighted by atomic mass is 9.70. The van der Waals surface area contributed by atoms with Gasteiger partial charge in [-0.25, -0.2) is 0 Å². The maximum absolute atomic E-state index is 7.05. The van der Waals surface area contributed by atoms with E-state index in [0.29, 0.717) is 0 Å². The molecule has 10 aromatic carbocycles. The van der Waals surface area contributed by atoms with E-state index in [0.717, 1.165) is 44.7 Å². The Morgan fingerprint density at radius 1 is 0.348 bits per heavy atom. The molecule has 3 aliphatic rings. The van der Waals surface area contributed by atoms with Gasteiger partial charge in [0.1, 0.15) is 11.2 Å². The molecular weight excluding hydrogens is 799 g/mol. The van der Waals surface area contributed by atoms with E-state index < -0.39 is 5.41 Å². The highest BCUT2D eigenvalue weighted by atomic mass is 16.3. The first-order valence-electron chi connectivity index (χ1n) is 23.1. The van der Waals surface area contributed by atoms with E-state index in [9.17, 15) is 0 Å². The number of nitrogens with zero attached hydrogens (tertiary/aromatic N) is 1. The first-order valence-corrected chi connectivity index (χ1v) is 23.1. The molecule has 1 heterocycles.